The van der Waals surface area contributed by atoms with E-state index in [2.05, 4.69) is 0 Å². The van der Waals surface area contributed by atoms with E-state index in [1.807, 2.05) is 64.3 Å². The largest absolute Gasteiger partial charge is 0.459 e. The molecule has 0 bridgehead atoms. The number of carbonyl (C=O) groups is 1. The summed E-state index contributed by atoms with van der Waals surface area (Å²) in [6.07, 6.45) is 1.91. The van der Waals surface area contributed by atoms with Crippen molar-refractivity contribution < 1.29 is 14.3 Å². The van der Waals surface area contributed by atoms with Crippen molar-refractivity contribution in [3.8, 4) is 11.1 Å². The topological polar surface area (TPSA) is 75.3 Å². The van der Waals surface area contributed by atoms with Gasteiger partial charge in [0.2, 0.25) is 0 Å². The maximum atomic E-state index is 13.3. The number of esters is 1. The summed E-state index contributed by atoms with van der Waals surface area (Å²) in [5.74, 6) is -0.285. The molecule has 0 aliphatic heterocycles. The summed E-state index contributed by atoms with van der Waals surface area (Å²) in [7, 11) is 3.42. The zero-order valence-corrected chi connectivity index (χ0v) is 18.8. The van der Waals surface area contributed by atoms with E-state index < -0.39 is 5.60 Å². The fraction of sp³-hybridized carbons (Fsp3) is 0.409. The SMILES string of the molecule is COCCn1c(SCC(=O)OC(C)(C)C)nc2c(-c3ccccc3)cn(C)c2c1=O. The van der Waals surface area contributed by atoms with Crippen molar-refractivity contribution in [3.05, 3.63) is 46.9 Å². The molecule has 0 saturated carbocycles. The Morgan fingerprint density at radius 1 is 1.20 bits per heavy atom. The molecule has 0 saturated heterocycles. The fourth-order valence-electron chi connectivity index (χ4n) is 3.16. The van der Waals surface area contributed by atoms with Crippen LogP contribution in [0.5, 0.6) is 0 Å². The average molecular weight is 430 g/mol. The normalized spacial score (nSPS) is 11.8. The molecular formula is C22H27N3O4S. The minimum absolute atomic E-state index is 0.0652. The number of thioether (sulfide) groups is 1. The highest BCUT2D eigenvalue weighted by molar-refractivity contribution is 7.99. The summed E-state index contributed by atoms with van der Waals surface area (Å²) >= 11 is 1.20. The van der Waals surface area contributed by atoms with Crippen LogP contribution in [0.4, 0.5) is 0 Å². The van der Waals surface area contributed by atoms with Crippen molar-refractivity contribution in [2.24, 2.45) is 7.05 Å². The molecule has 0 atom stereocenters. The third-order valence-electron chi connectivity index (χ3n) is 4.38. The number of fused-ring (bicyclic) bond motifs is 1. The van der Waals surface area contributed by atoms with Crippen LogP contribution in [0, 0.1) is 0 Å². The zero-order valence-electron chi connectivity index (χ0n) is 18.0. The highest BCUT2D eigenvalue weighted by Crippen LogP contribution is 2.29. The van der Waals surface area contributed by atoms with E-state index >= 15 is 0 Å². The Morgan fingerprint density at radius 3 is 2.53 bits per heavy atom. The summed E-state index contributed by atoms with van der Waals surface area (Å²) in [5.41, 5.74) is 2.27. The van der Waals surface area contributed by atoms with Gasteiger partial charge < -0.3 is 14.0 Å². The zero-order chi connectivity index (χ0) is 21.9. The smallest absolute Gasteiger partial charge is 0.316 e. The highest BCUT2D eigenvalue weighted by atomic mass is 32.2. The third kappa shape index (κ3) is 4.94. The molecule has 2 aromatic heterocycles. The number of benzene rings is 1. The maximum absolute atomic E-state index is 13.3. The van der Waals surface area contributed by atoms with Crippen molar-refractivity contribution in [2.75, 3.05) is 19.5 Å². The van der Waals surface area contributed by atoms with Gasteiger partial charge in [0.15, 0.2) is 5.16 Å². The summed E-state index contributed by atoms with van der Waals surface area (Å²) in [5, 5.41) is 0.471. The molecule has 7 nitrogen and oxygen atoms in total. The van der Waals surface area contributed by atoms with Crippen molar-refractivity contribution >= 4 is 28.8 Å². The molecule has 30 heavy (non-hydrogen) atoms. The lowest BCUT2D eigenvalue weighted by atomic mass is 10.1. The highest BCUT2D eigenvalue weighted by Gasteiger charge is 2.21. The van der Waals surface area contributed by atoms with Gasteiger partial charge in [-0.1, -0.05) is 42.1 Å². The Morgan fingerprint density at radius 2 is 1.90 bits per heavy atom. The summed E-state index contributed by atoms with van der Waals surface area (Å²) < 4.78 is 13.9. The van der Waals surface area contributed by atoms with E-state index in [0.29, 0.717) is 29.3 Å². The molecule has 0 spiro atoms. The minimum Gasteiger partial charge on any atom is -0.459 e. The van der Waals surface area contributed by atoms with Gasteiger partial charge in [-0.15, -0.1) is 0 Å². The first-order chi connectivity index (χ1) is 14.2. The van der Waals surface area contributed by atoms with Gasteiger partial charge in [0.1, 0.15) is 16.6 Å². The van der Waals surface area contributed by atoms with Gasteiger partial charge in [-0.25, -0.2) is 4.98 Å². The minimum atomic E-state index is -0.565. The Kier molecular flexibility index (Phi) is 6.67. The van der Waals surface area contributed by atoms with Gasteiger partial charge >= 0.3 is 5.97 Å². The molecule has 0 fully saturated rings. The summed E-state index contributed by atoms with van der Waals surface area (Å²) in [6.45, 7) is 6.18. The number of hydrogen-bond acceptors (Lipinski definition) is 6. The van der Waals surface area contributed by atoms with Gasteiger partial charge in [-0.05, 0) is 26.3 Å². The van der Waals surface area contributed by atoms with Crippen LogP contribution in [0.25, 0.3) is 22.2 Å². The van der Waals surface area contributed by atoms with Crippen molar-refractivity contribution in [2.45, 2.75) is 38.1 Å². The molecule has 0 aliphatic rings. The molecule has 0 N–H and O–H groups in total. The summed E-state index contributed by atoms with van der Waals surface area (Å²) in [6, 6.07) is 9.82. The van der Waals surface area contributed by atoms with E-state index in [4.69, 9.17) is 14.5 Å². The first-order valence-corrected chi connectivity index (χ1v) is 10.7. The average Bonchev–Trinajstić information content (AvgIpc) is 3.02. The quantitative estimate of drug-likeness (QED) is 0.325. The van der Waals surface area contributed by atoms with Gasteiger partial charge in [0, 0.05) is 25.9 Å². The number of ether oxygens (including phenoxy) is 2. The molecule has 0 unspecified atom stereocenters. The van der Waals surface area contributed by atoms with Crippen molar-refractivity contribution in [1.29, 1.82) is 0 Å². The van der Waals surface area contributed by atoms with E-state index in [1.165, 1.54) is 11.8 Å². The lowest BCUT2D eigenvalue weighted by Gasteiger charge is -2.19. The van der Waals surface area contributed by atoms with Crippen LogP contribution in [0.1, 0.15) is 20.8 Å². The molecule has 3 aromatic rings. The second-order valence-electron chi connectivity index (χ2n) is 7.94. The first-order valence-electron chi connectivity index (χ1n) is 9.70. The van der Waals surface area contributed by atoms with Crippen LogP contribution in [-0.4, -0.2) is 45.2 Å². The fourth-order valence-corrected chi connectivity index (χ4v) is 3.96. The molecule has 3 rings (SSSR count). The molecule has 0 aliphatic carbocycles. The van der Waals surface area contributed by atoms with Crippen LogP contribution in [0.2, 0.25) is 0 Å². The molecule has 1 aromatic carbocycles. The van der Waals surface area contributed by atoms with Crippen LogP contribution in [0.15, 0.2) is 46.5 Å². The molecule has 0 amide bonds. The predicted octanol–water partition coefficient (Wildman–Crippen LogP) is 3.48. The molecular weight excluding hydrogens is 402 g/mol. The number of rotatable bonds is 7. The van der Waals surface area contributed by atoms with Gasteiger partial charge in [-0.2, -0.15) is 0 Å². The Hall–Kier alpha value is -2.58. The summed E-state index contributed by atoms with van der Waals surface area (Å²) in [4.78, 5) is 30.3. The number of hydrogen-bond donors (Lipinski definition) is 0. The van der Waals surface area contributed by atoms with E-state index in [1.54, 1.807) is 16.2 Å². The molecule has 0 radical (unpaired) electrons. The van der Waals surface area contributed by atoms with Gasteiger partial charge in [0.05, 0.1) is 18.9 Å². The van der Waals surface area contributed by atoms with Gasteiger partial charge in [-0.3, -0.25) is 14.2 Å². The number of aryl methyl sites for hydroxylation is 1. The molecule has 160 valence electrons. The molecule has 8 heteroatoms. The number of aromatic nitrogens is 3. The number of carbonyl (C=O) groups excluding carboxylic acids is 1. The first kappa shape index (κ1) is 22.1. The van der Waals surface area contributed by atoms with Crippen LogP contribution < -0.4 is 5.56 Å². The third-order valence-corrected chi connectivity index (χ3v) is 5.33. The van der Waals surface area contributed by atoms with E-state index in [0.717, 1.165) is 11.1 Å². The Labute approximate surface area is 180 Å². The van der Waals surface area contributed by atoms with E-state index in [9.17, 15) is 9.59 Å². The second kappa shape index (κ2) is 9.06. The van der Waals surface area contributed by atoms with E-state index in [-0.39, 0.29) is 17.3 Å². The lowest BCUT2D eigenvalue weighted by molar-refractivity contribution is -0.151. The second-order valence-corrected chi connectivity index (χ2v) is 8.88. The number of nitrogens with zero attached hydrogens (tertiary/aromatic N) is 3. The van der Waals surface area contributed by atoms with Crippen LogP contribution in [0.3, 0.4) is 0 Å². The Balaban J connectivity index is 2.07. The molecule has 2 heterocycles. The number of methoxy groups -OCH3 is 1. The predicted molar refractivity (Wildman–Crippen MR) is 119 cm³/mol. The standard InChI is InChI=1S/C22H27N3O4S/c1-22(2,3)29-17(26)14-30-21-23-18-16(15-9-7-6-8-10-15)13-24(4)19(18)20(27)25(21)11-12-28-5/h6-10,13H,11-12,14H2,1-5H3. The monoisotopic (exact) mass is 429 g/mol. The van der Waals surface area contributed by atoms with Crippen LogP contribution >= 0.6 is 11.8 Å². The van der Waals surface area contributed by atoms with Crippen LogP contribution in [-0.2, 0) is 27.9 Å². The van der Waals surface area contributed by atoms with Crippen molar-refractivity contribution in [3.63, 3.8) is 0 Å². The maximum Gasteiger partial charge on any atom is 0.316 e. The van der Waals surface area contributed by atoms with Gasteiger partial charge in [0.25, 0.3) is 5.56 Å². The lowest BCUT2D eigenvalue weighted by Crippen LogP contribution is -2.27. The van der Waals surface area contributed by atoms with Crippen molar-refractivity contribution in [1.82, 2.24) is 14.1 Å². The Bertz CT molecular complexity index is 1100.